The molecular weight excluding hydrogens is 302 g/mol. The Balaban J connectivity index is 1.84. The van der Waals surface area contributed by atoms with Crippen LogP contribution in [0.3, 0.4) is 0 Å². The van der Waals surface area contributed by atoms with Crippen LogP contribution in [-0.4, -0.2) is 17.7 Å². The molecule has 1 fully saturated rings. The minimum atomic E-state index is -0.203. The summed E-state index contributed by atoms with van der Waals surface area (Å²) in [5, 5.41) is 11.5. The summed E-state index contributed by atoms with van der Waals surface area (Å²) in [7, 11) is 0. The lowest BCUT2D eigenvalue weighted by Crippen LogP contribution is -3.14. The molecule has 2 N–H and O–H groups in total. The van der Waals surface area contributed by atoms with Gasteiger partial charge in [0.15, 0.2) is 5.58 Å². The largest absolute Gasteiger partial charge is 0.507 e. The van der Waals surface area contributed by atoms with Crippen LogP contribution in [0.5, 0.6) is 5.75 Å². The number of aromatic hydroxyl groups is 1. The summed E-state index contributed by atoms with van der Waals surface area (Å²) in [6.07, 6.45) is 7.67. The van der Waals surface area contributed by atoms with Crippen LogP contribution in [-0.2, 0) is 19.4 Å². The highest BCUT2D eigenvalue weighted by molar-refractivity contribution is 5.86. The maximum absolute atomic E-state index is 12.4. The van der Waals surface area contributed by atoms with Crippen LogP contribution in [0.4, 0.5) is 0 Å². The molecule has 1 aromatic heterocycles. The summed E-state index contributed by atoms with van der Waals surface area (Å²) in [5.74, 6) is 0.256. The predicted octanol–water partition coefficient (Wildman–Crippen LogP) is 2.33. The smallest absolute Gasteiger partial charge is 0.339 e. The lowest BCUT2D eigenvalue weighted by atomic mass is 9.90. The number of quaternary nitrogens is 1. The van der Waals surface area contributed by atoms with Gasteiger partial charge in [0.25, 0.3) is 0 Å². The number of likely N-dealkylation sites (tertiary alicyclic amines) is 1. The normalized spacial score (nSPS) is 24.0. The second-order valence-electron chi connectivity index (χ2n) is 7.48. The Morgan fingerprint density at radius 1 is 1.17 bits per heavy atom. The van der Waals surface area contributed by atoms with Crippen molar-refractivity contribution in [2.24, 2.45) is 0 Å². The highest BCUT2D eigenvalue weighted by Gasteiger charge is 2.26. The Labute approximate surface area is 142 Å². The number of rotatable bonds is 2. The first kappa shape index (κ1) is 15.7. The van der Waals surface area contributed by atoms with Crippen molar-refractivity contribution in [3.8, 4) is 5.75 Å². The molecule has 0 spiro atoms. The van der Waals surface area contributed by atoms with E-state index in [2.05, 4.69) is 6.92 Å². The molecular formula is C20H26NO3+. The van der Waals surface area contributed by atoms with Crippen molar-refractivity contribution < 1.29 is 14.4 Å². The molecule has 2 aromatic rings. The van der Waals surface area contributed by atoms with Crippen molar-refractivity contribution in [1.82, 2.24) is 0 Å². The summed E-state index contributed by atoms with van der Waals surface area (Å²) in [6.45, 7) is 4.12. The molecule has 1 unspecified atom stereocenters. The number of nitrogens with one attached hydrogen (secondary N) is 1. The Hall–Kier alpha value is -1.81. The van der Waals surface area contributed by atoms with Gasteiger partial charge in [0, 0.05) is 10.9 Å². The number of fused-ring (bicyclic) bond motifs is 3. The van der Waals surface area contributed by atoms with Gasteiger partial charge < -0.3 is 14.4 Å². The maximum atomic E-state index is 12.4. The zero-order valence-electron chi connectivity index (χ0n) is 14.4. The number of benzene rings is 1. The van der Waals surface area contributed by atoms with Crippen molar-refractivity contribution in [2.75, 3.05) is 6.54 Å². The number of phenolic OH excluding ortho intramolecular Hbond substituents is 1. The van der Waals surface area contributed by atoms with Gasteiger partial charge in [-0.15, -0.1) is 0 Å². The molecule has 24 heavy (non-hydrogen) atoms. The van der Waals surface area contributed by atoms with E-state index in [1.54, 1.807) is 6.07 Å². The standard InChI is InChI=1S/C20H25NO3/c1-13-6-4-5-11-21(13)12-17-18(22)10-9-15-14-7-2-3-8-16(14)20(23)24-19(15)17/h9-10,13,22H,2-8,11-12H2,1H3/p+1/t13-/m1/s1. The monoisotopic (exact) mass is 328 g/mol. The van der Waals surface area contributed by atoms with Gasteiger partial charge in [-0.1, -0.05) is 0 Å². The Kier molecular flexibility index (Phi) is 4.09. The molecule has 0 saturated carbocycles. The van der Waals surface area contributed by atoms with Crippen LogP contribution in [0.15, 0.2) is 21.3 Å². The lowest BCUT2D eigenvalue weighted by Gasteiger charge is -2.30. The third-order valence-electron chi connectivity index (χ3n) is 5.96. The zero-order chi connectivity index (χ0) is 16.7. The molecule has 4 heteroatoms. The second kappa shape index (κ2) is 6.25. The van der Waals surface area contributed by atoms with Gasteiger partial charge in [-0.25, -0.2) is 4.79 Å². The zero-order valence-corrected chi connectivity index (χ0v) is 14.4. The Bertz CT molecular complexity index is 824. The van der Waals surface area contributed by atoms with Crippen molar-refractivity contribution >= 4 is 11.0 Å². The van der Waals surface area contributed by atoms with E-state index in [0.29, 0.717) is 11.6 Å². The first-order valence-corrected chi connectivity index (χ1v) is 9.29. The van der Waals surface area contributed by atoms with Crippen LogP contribution in [0.1, 0.15) is 55.7 Å². The highest BCUT2D eigenvalue weighted by atomic mass is 16.4. The van der Waals surface area contributed by atoms with Crippen molar-refractivity contribution in [3.05, 3.63) is 39.2 Å². The molecule has 0 bridgehead atoms. The number of piperidine rings is 1. The Morgan fingerprint density at radius 3 is 2.75 bits per heavy atom. The van der Waals surface area contributed by atoms with Gasteiger partial charge in [-0.3, -0.25) is 0 Å². The average Bonchev–Trinajstić information content (AvgIpc) is 2.59. The van der Waals surface area contributed by atoms with E-state index >= 15 is 0 Å². The minimum Gasteiger partial charge on any atom is -0.507 e. The molecule has 0 amide bonds. The highest BCUT2D eigenvalue weighted by Crippen LogP contribution is 2.32. The molecule has 0 radical (unpaired) electrons. The van der Waals surface area contributed by atoms with E-state index in [0.717, 1.165) is 60.8 Å². The molecule has 1 aromatic carbocycles. The van der Waals surface area contributed by atoms with Crippen LogP contribution in [0, 0.1) is 0 Å². The van der Waals surface area contributed by atoms with Gasteiger partial charge in [0.1, 0.15) is 12.3 Å². The SMILES string of the molecule is C[C@@H]1CCCC[NH+]1Cc1c(O)ccc2c3c(c(=O)oc12)CCCC3. The first-order chi connectivity index (χ1) is 11.6. The van der Waals surface area contributed by atoms with Crippen molar-refractivity contribution in [3.63, 3.8) is 0 Å². The predicted molar refractivity (Wildman–Crippen MR) is 93.6 cm³/mol. The topological polar surface area (TPSA) is 54.9 Å². The number of hydrogen-bond donors (Lipinski definition) is 2. The molecule has 4 rings (SSSR count). The average molecular weight is 328 g/mol. The summed E-state index contributed by atoms with van der Waals surface area (Å²) in [5.41, 5.74) is 3.22. The summed E-state index contributed by atoms with van der Waals surface area (Å²) < 4.78 is 5.72. The molecule has 2 aliphatic rings. The number of hydrogen-bond acceptors (Lipinski definition) is 3. The maximum Gasteiger partial charge on any atom is 0.339 e. The Morgan fingerprint density at radius 2 is 1.96 bits per heavy atom. The van der Waals surface area contributed by atoms with Gasteiger partial charge in [-0.05, 0) is 69.6 Å². The molecule has 2 atom stereocenters. The third kappa shape index (κ3) is 2.63. The fourth-order valence-corrected chi connectivity index (χ4v) is 4.47. The van der Waals surface area contributed by atoms with E-state index in [-0.39, 0.29) is 11.4 Å². The third-order valence-corrected chi connectivity index (χ3v) is 5.96. The van der Waals surface area contributed by atoms with Crippen molar-refractivity contribution in [1.29, 1.82) is 0 Å². The molecule has 1 aliphatic carbocycles. The molecule has 1 saturated heterocycles. The van der Waals surface area contributed by atoms with E-state index in [9.17, 15) is 9.90 Å². The van der Waals surface area contributed by atoms with E-state index in [1.807, 2.05) is 6.07 Å². The van der Waals surface area contributed by atoms with E-state index in [4.69, 9.17) is 4.42 Å². The molecule has 4 nitrogen and oxygen atoms in total. The molecule has 128 valence electrons. The van der Waals surface area contributed by atoms with Gasteiger partial charge in [-0.2, -0.15) is 0 Å². The van der Waals surface area contributed by atoms with E-state index < -0.39 is 0 Å². The van der Waals surface area contributed by atoms with Gasteiger partial charge >= 0.3 is 5.63 Å². The molecule has 1 aliphatic heterocycles. The quantitative estimate of drug-likeness (QED) is 0.832. The van der Waals surface area contributed by atoms with E-state index in [1.165, 1.54) is 24.2 Å². The summed E-state index contributed by atoms with van der Waals surface area (Å²) in [6, 6.07) is 4.29. The fraction of sp³-hybridized carbons (Fsp3) is 0.550. The summed E-state index contributed by atoms with van der Waals surface area (Å²) in [4.78, 5) is 13.9. The fourth-order valence-electron chi connectivity index (χ4n) is 4.47. The minimum absolute atomic E-state index is 0.203. The lowest BCUT2D eigenvalue weighted by molar-refractivity contribution is -0.941. The molecule has 2 heterocycles. The van der Waals surface area contributed by atoms with Crippen molar-refractivity contribution in [2.45, 2.75) is 64.5 Å². The van der Waals surface area contributed by atoms with Crippen LogP contribution in [0.25, 0.3) is 11.0 Å². The van der Waals surface area contributed by atoms with Crippen LogP contribution >= 0.6 is 0 Å². The van der Waals surface area contributed by atoms with Crippen LogP contribution in [0.2, 0.25) is 0 Å². The van der Waals surface area contributed by atoms with Gasteiger partial charge in [0.2, 0.25) is 0 Å². The van der Waals surface area contributed by atoms with Crippen LogP contribution < -0.4 is 10.5 Å². The number of aryl methyl sites for hydroxylation is 1. The van der Waals surface area contributed by atoms with Gasteiger partial charge in [0.05, 0.1) is 18.2 Å². The first-order valence-electron chi connectivity index (χ1n) is 9.29. The summed E-state index contributed by atoms with van der Waals surface area (Å²) >= 11 is 0. The second-order valence-corrected chi connectivity index (χ2v) is 7.48. The number of phenols is 1.